The van der Waals surface area contributed by atoms with Gasteiger partial charge in [0.05, 0.1) is 24.5 Å². The lowest BCUT2D eigenvalue weighted by molar-refractivity contribution is -0.0856. The molecule has 2 N–H and O–H groups in total. The Bertz CT molecular complexity index is 1210. The van der Waals surface area contributed by atoms with Crippen LogP contribution in [0.3, 0.4) is 0 Å². The molecule has 2 fully saturated rings. The van der Waals surface area contributed by atoms with Gasteiger partial charge >= 0.3 is 6.01 Å². The first-order valence-electron chi connectivity index (χ1n) is 13.6. The molecule has 196 valence electrons. The molecular formula is C28H36N6O3. The SMILES string of the molecule is CN1CCCC1COc1nc2c(c(N3CCCOCC3)n1)COC1(CCCc3ccc(N)c(C#N)c31)C2. The maximum absolute atomic E-state index is 10.0. The molecule has 0 radical (unpaired) electrons. The number of likely N-dealkylation sites (N-methyl/N-ethyl adjacent to an activating group) is 1. The number of nitrogens with two attached hydrogens (primary N) is 1. The summed E-state index contributed by atoms with van der Waals surface area (Å²) in [6, 6.07) is 7.09. The normalized spacial score (nSPS) is 25.8. The van der Waals surface area contributed by atoms with Crippen molar-refractivity contribution in [3.8, 4) is 12.1 Å². The summed E-state index contributed by atoms with van der Waals surface area (Å²) in [6.07, 6.45) is 6.60. The summed E-state index contributed by atoms with van der Waals surface area (Å²) in [5.74, 6) is 0.893. The largest absolute Gasteiger partial charge is 0.462 e. The molecule has 4 heterocycles. The lowest BCUT2D eigenvalue weighted by atomic mass is 9.72. The van der Waals surface area contributed by atoms with Crippen molar-refractivity contribution in [3.05, 3.63) is 40.1 Å². The average molecular weight is 505 g/mol. The van der Waals surface area contributed by atoms with Crippen LogP contribution in [0.25, 0.3) is 0 Å². The summed E-state index contributed by atoms with van der Waals surface area (Å²) < 4.78 is 18.7. The highest BCUT2D eigenvalue weighted by Crippen LogP contribution is 2.48. The molecule has 4 aliphatic rings. The third kappa shape index (κ3) is 4.52. The second kappa shape index (κ2) is 10.1. The second-order valence-electron chi connectivity index (χ2n) is 10.8. The van der Waals surface area contributed by atoms with Crippen molar-refractivity contribution in [3.63, 3.8) is 0 Å². The Labute approximate surface area is 218 Å². The zero-order valence-corrected chi connectivity index (χ0v) is 21.7. The molecule has 9 nitrogen and oxygen atoms in total. The monoisotopic (exact) mass is 504 g/mol. The zero-order valence-electron chi connectivity index (χ0n) is 21.7. The van der Waals surface area contributed by atoms with E-state index in [0.29, 0.717) is 49.5 Å². The van der Waals surface area contributed by atoms with Gasteiger partial charge < -0.3 is 29.7 Å². The molecule has 1 spiro atoms. The number of hydrogen-bond donors (Lipinski definition) is 1. The van der Waals surface area contributed by atoms with Crippen molar-refractivity contribution in [2.24, 2.45) is 0 Å². The van der Waals surface area contributed by atoms with Crippen LogP contribution in [0.15, 0.2) is 12.1 Å². The van der Waals surface area contributed by atoms with Crippen LogP contribution >= 0.6 is 0 Å². The maximum Gasteiger partial charge on any atom is 0.318 e. The van der Waals surface area contributed by atoms with Gasteiger partial charge in [0.1, 0.15) is 24.1 Å². The Morgan fingerprint density at radius 3 is 2.95 bits per heavy atom. The summed E-state index contributed by atoms with van der Waals surface area (Å²) in [5.41, 5.74) is 10.8. The van der Waals surface area contributed by atoms with Gasteiger partial charge in [0.2, 0.25) is 0 Å². The van der Waals surface area contributed by atoms with E-state index in [1.54, 1.807) is 0 Å². The van der Waals surface area contributed by atoms with E-state index in [1.165, 1.54) is 6.42 Å². The Kier molecular flexibility index (Phi) is 6.65. The number of rotatable bonds is 4. The molecule has 1 aromatic heterocycles. The molecule has 2 aromatic rings. The predicted octanol–water partition coefficient (Wildman–Crippen LogP) is 2.93. The minimum atomic E-state index is -0.614. The number of anilines is 2. The fraction of sp³-hybridized carbons (Fsp3) is 0.607. The third-order valence-electron chi connectivity index (χ3n) is 8.51. The van der Waals surface area contributed by atoms with E-state index in [4.69, 9.17) is 29.9 Å². The number of hydrogen-bond acceptors (Lipinski definition) is 9. The topological polar surface area (TPSA) is 110 Å². The molecule has 9 heteroatoms. The van der Waals surface area contributed by atoms with Crippen LogP contribution in [0, 0.1) is 11.3 Å². The Hall–Kier alpha value is -2.93. The number of benzene rings is 1. The highest BCUT2D eigenvalue weighted by molar-refractivity contribution is 5.63. The summed E-state index contributed by atoms with van der Waals surface area (Å²) in [5, 5.41) is 10.0. The number of nitrogen functional groups attached to an aromatic ring is 1. The Balaban J connectivity index is 1.39. The molecule has 37 heavy (non-hydrogen) atoms. The van der Waals surface area contributed by atoms with Gasteiger partial charge in [-0.1, -0.05) is 6.07 Å². The summed E-state index contributed by atoms with van der Waals surface area (Å²) >= 11 is 0. The minimum absolute atomic E-state index is 0.385. The summed E-state index contributed by atoms with van der Waals surface area (Å²) in [7, 11) is 2.15. The van der Waals surface area contributed by atoms with E-state index in [-0.39, 0.29) is 0 Å². The quantitative estimate of drug-likeness (QED) is 0.629. The van der Waals surface area contributed by atoms with Gasteiger partial charge in [-0.3, -0.25) is 0 Å². The number of nitrogens with zero attached hydrogens (tertiary/aromatic N) is 5. The van der Waals surface area contributed by atoms with E-state index in [2.05, 4.69) is 29.0 Å². The number of ether oxygens (including phenoxy) is 3. The highest BCUT2D eigenvalue weighted by atomic mass is 16.5. The molecule has 6 rings (SSSR count). The van der Waals surface area contributed by atoms with Gasteiger partial charge in [-0.15, -0.1) is 0 Å². The van der Waals surface area contributed by atoms with Gasteiger partial charge in [0, 0.05) is 49.0 Å². The van der Waals surface area contributed by atoms with Gasteiger partial charge in [-0.25, -0.2) is 0 Å². The molecule has 1 aliphatic carbocycles. The van der Waals surface area contributed by atoms with Gasteiger partial charge in [-0.05, 0) is 63.7 Å². The number of aryl methyl sites for hydroxylation is 1. The van der Waals surface area contributed by atoms with Crippen LogP contribution in [0.5, 0.6) is 6.01 Å². The van der Waals surface area contributed by atoms with Crippen molar-refractivity contribution < 1.29 is 14.2 Å². The number of aromatic nitrogens is 2. The van der Waals surface area contributed by atoms with E-state index in [0.717, 1.165) is 86.5 Å². The van der Waals surface area contributed by atoms with E-state index in [1.807, 2.05) is 6.07 Å². The van der Waals surface area contributed by atoms with Gasteiger partial charge in [0.15, 0.2) is 0 Å². The molecule has 0 bridgehead atoms. The van der Waals surface area contributed by atoms with Crippen LogP contribution in [0.1, 0.15) is 60.1 Å². The van der Waals surface area contributed by atoms with Crippen LogP contribution in [0.4, 0.5) is 11.5 Å². The molecule has 0 saturated carbocycles. The van der Waals surface area contributed by atoms with Gasteiger partial charge in [-0.2, -0.15) is 15.2 Å². The molecule has 3 aliphatic heterocycles. The van der Waals surface area contributed by atoms with Gasteiger partial charge in [0.25, 0.3) is 0 Å². The first-order valence-corrected chi connectivity index (χ1v) is 13.6. The molecule has 2 saturated heterocycles. The highest BCUT2D eigenvalue weighted by Gasteiger charge is 2.45. The molecule has 0 amide bonds. The second-order valence-corrected chi connectivity index (χ2v) is 10.8. The Morgan fingerprint density at radius 2 is 2.11 bits per heavy atom. The van der Waals surface area contributed by atoms with Crippen LogP contribution in [0.2, 0.25) is 0 Å². The van der Waals surface area contributed by atoms with Crippen molar-refractivity contribution in [1.82, 2.24) is 14.9 Å². The fourth-order valence-corrected chi connectivity index (χ4v) is 6.49. The lowest BCUT2D eigenvalue weighted by Gasteiger charge is -2.43. The van der Waals surface area contributed by atoms with Crippen molar-refractivity contribution in [2.75, 3.05) is 57.1 Å². The first kappa shape index (κ1) is 24.4. The van der Waals surface area contributed by atoms with Crippen LogP contribution in [-0.4, -0.2) is 67.4 Å². The molecular weight excluding hydrogens is 468 g/mol. The van der Waals surface area contributed by atoms with E-state index < -0.39 is 5.60 Å². The van der Waals surface area contributed by atoms with Crippen molar-refractivity contribution in [2.45, 2.75) is 63.2 Å². The maximum atomic E-state index is 10.0. The molecule has 2 atom stereocenters. The van der Waals surface area contributed by atoms with E-state index in [9.17, 15) is 5.26 Å². The number of nitriles is 1. The first-order chi connectivity index (χ1) is 18.1. The molecule has 2 unspecified atom stereocenters. The standard InChI is InChI=1S/C28H36N6O3/c1-33-10-3-6-20(33)17-36-27-31-24-15-28(9-2-5-19-7-8-23(30)21(16-29)25(19)28)37-18-22(24)26(32-27)34-11-4-13-35-14-12-34/h7-8,20H,2-6,9-15,17-18,30H2,1H3. The average Bonchev–Trinajstić information content (AvgIpc) is 3.13. The van der Waals surface area contributed by atoms with Crippen molar-refractivity contribution in [1.29, 1.82) is 5.26 Å². The zero-order chi connectivity index (χ0) is 25.4. The van der Waals surface area contributed by atoms with Crippen molar-refractivity contribution >= 4 is 11.5 Å². The third-order valence-corrected chi connectivity index (χ3v) is 8.51. The number of fused-ring (bicyclic) bond motifs is 3. The predicted molar refractivity (Wildman–Crippen MR) is 140 cm³/mol. The minimum Gasteiger partial charge on any atom is -0.462 e. The van der Waals surface area contributed by atoms with Crippen LogP contribution in [-0.2, 0) is 34.5 Å². The number of likely N-dealkylation sites (tertiary alicyclic amines) is 1. The smallest absolute Gasteiger partial charge is 0.318 e. The fourth-order valence-electron chi connectivity index (χ4n) is 6.49. The lowest BCUT2D eigenvalue weighted by Crippen LogP contribution is -2.41. The van der Waals surface area contributed by atoms with Crippen LogP contribution < -0.4 is 15.4 Å². The summed E-state index contributed by atoms with van der Waals surface area (Å²) in [6.45, 7) is 5.15. The van der Waals surface area contributed by atoms with E-state index >= 15 is 0 Å². The molecule has 1 aromatic carbocycles. The summed E-state index contributed by atoms with van der Waals surface area (Å²) in [4.78, 5) is 14.5. The Morgan fingerprint density at radius 1 is 1.19 bits per heavy atom.